The summed E-state index contributed by atoms with van der Waals surface area (Å²) in [5.74, 6) is -1.10. The molecule has 29 heavy (non-hydrogen) atoms. The molecule has 2 N–H and O–H groups in total. The Morgan fingerprint density at radius 1 is 0.931 bits per heavy atom. The van der Waals surface area contributed by atoms with Gasteiger partial charge in [0.2, 0.25) is 0 Å². The minimum atomic E-state index is -0.899. The Kier molecular flexibility index (Phi) is 11.6. The molecule has 0 aromatic heterocycles. The molecule has 0 radical (unpaired) electrons. The Hall–Kier alpha value is -1.88. The molecule has 1 rings (SSSR count). The summed E-state index contributed by atoms with van der Waals surface area (Å²) in [6.07, 6.45) is 11.4. The number of amides is 1. The number of aliphatic carboxylic acids is 1. The molecule has 0 heterocycles. The first kappa shape index (κ1) is 25.2. The molecular formula is C24H41N2O3+. The van der Waals surface area contributed by atoms with Gasteiger partial charge in [-0.2, -0.15) is 0 Å². The number of aryl methyl sites for hydroxylation is 1. The molecule has 0 aliphatic carbocycles. The van der Waals surface area contributed by atoms with Crippen LogP contribution < -0.4 is 5.32 Å². The SMILES string of the molecule is CCCCCCCCCCc1ccc(C(=O)N[C@H](CC(=O)O)C[N+](C)(C)C)cc1. The van der Waals surface area contributed by atoms with E-state index in [0.29, 0.717) is 16.6 Å². The van der Waals surface area contributed by atoms with Crippen molar-refractivity contribution in [3.63, 3.8) is 0 Å². The van der Waals surface area contributed by atoms with Crippen molar-refractivity contribution in [2.75, 3.05) is 27.7 Å². The van der Waals surface area contributed by atoms with Gasteiger partial charge in [0, 0.05) is 5.56 Å². The van der Waals surface area contributed by atoms with Crippen LogP contribution in [0.4, 0.5) is 0 Å². The third-order valence-corrected chi connectivity index (χ3v) is 5.06. The minimum absolute atomic E-state index is 0.0716. The van der Waals surface area contributed by atoms with Crippen molar-refractivity contribution in [1.82, 2.24) is 5.32 Å². The zero-order valence-corrected chi connectivity index (χ0v) is 18.9. The van der Waals surface area contributed by atoms with Crippen LogP contribution in [0.3, 0.4) is 0 Å². The molecule has 0 saturated carbocycles. The van der Waals surface area contributed by atoms with Gasteiger partial charge in [0.15, 0.2) is 0 Å². The first-order chi connectivity index (χ1) is 13.7. The lowest BCUT2D eigenvalue weighted by molar-refractivity contribution is -0.871. The second-order valence-electron chi connectivity index (χ2n) is 9.16. The monoisotopic (exact) mass is 405 g/mol. The lowest BCUT2D eigenvalue weighted by Gasteiger charge is -2.29. The topological polar surface area (TPSA) is 66.4 Å². The van der Waals surface area contributed by atoms with E-state index in [1.807, 2.05) is 45.4 Å². The molecule has 0 aliphatic heterocycles. The van der Waals surface area contributed by atoms with Crippen molar-refractivity contribution in [2.24, 2.45) is 0 Å². The smallest absolute Gasteiger partial charge is 0.305 e. The van der Waals surface area contributed by atoms with E-state index in [4.69, 9.17) is 5.11 Å². The third-order valence-electron chi connectivity index (χ3n) is 5.06. The van der Waals surface area contributed by atoms with E-state index in [1.165, 1.54) is 56.9 Å². The Labute approximate surface area is 177 Å². The second-order valence-corrected chi connectivity index (χ2v) is 9.16. The molecule has 1 amide bonds. The van der Waals surface area contributed by atoms with Crippen LogP contribution in [0.25, 0.3) is 0 Å². The highest BCUT2D eigenvalue weighted by molar-refractivity contribution is 5.94. The number of carboxylic acid groups (broad SMARTS) is 1. The predicted molar refractivity (Wildman–Crippen MR) is 119 cm³/mol. The van der Waals surface area contributed by atoms with Gasteiger partial charge in [-0.05, 0) is 30.5 Å². The van der Waals surface area contributed by atoms with Crippen LogP contribution in [-0.4, -0.2) is 55.2 Å². The number of likely N-dealkylation sites (N-methyl/N-ethyl adjacent to an activating group) is 1. The van der Waals surface area contributed by atoms with Gasteiger partial charge >= 0.3 is 5.97 Å². The molecule has 0 fully saturated rings. The highest BCUT2D eigenvalue weighted by atomic mass is 16.4. The van der Waals surface area contributed by atoms with Crippen molar-refractivity contribution in [3.8, 4) is 0 Å². The van der Waals surface area contributed by atoms with E-state index in [-0.39, 0.29) is 12.3 Å². The van der Waals surface area contributed by atoms with Gasteiger partial charge in [-0.15, -0.1) is 0 Å². The van der Waals surface area contributed by atoms with Gasteiger partial charge in [0.1, 0.15) is 0 Å². The molecule has 5 heteroatoms. The summed E-state index contributed by atoms with van der Waals surface area (Å²) >= 11 is 0. The summed E-state index contributed by atoms with van der Waals surface area (Å²) in [7, 11) is 5.96. The maximum absolute atomic E-state index is 12.5. The third kappa shape index (κ3) is 12.3. The molecule has 0 bridgehead atoms. The van der Waals surface area contributed by atoms with Gasteiger partial charge in [0.05, 0.1) is 40.2 Å². The molecule has 1 aromatic carbocycles. The van der Waals surface area contributed by atoms with Crippen LogP contribution in [0.5, 0.6) is 0 Å². The highest BCUT2D eigenvalue weighted by Gasteiger charge is 2.23. The quantitative estimate of drug-likeness (QED) is 0.330. The summed E-state index contributed by atoms with van der Waals surface area (Å²) in [5.41, 5.74) is 1.84. The van der Waals surface area contributed by atoms with Crippen molar-refractivity contribution in [1.29, 1.82) is 0 Å². The number of unbranched alkanes of at least 4 members (excludes halogenated alkanes) is 7. The summed E-state index contributed by atoms with van der Waals surface area (Å²) in [5, 5.41) is 12.0. The van der Waals surface area contributed by atoms with E-state index >= 15 is 0 Å². The lowest BCUT2D eigenvalue weighted by atomic mass is 10.0. The van der Waals surface area contributed by atoms with E-state index in [0.717, 1.165) is 6.42 Å². The molecule has 164 valence electrons. The summed E-state index contributed by atoms with van der Waals surface area (Å²) in [6.45, 7) is 2.81. The first-order valence-corrected chi connectivity index (χ1v) is 11.1. The predicted octanol–water partition coefficient (Wildman–Crippen LogP) is 4.65. The van der Waals surface area contributed by atoms with E-state index in [2.05, 4.69) is 12.2 Å². The Morgan fingerprint density at radius 3 is 2.00 bits per heavy atom. The number of quaternary nitrogens is 1. The number of carbonyl (C=O) groups excluding carboxylic acids is 1. The number of carbonyl (C=O) groups is 2. The standard InChI is InChI=1S/C24H40N2O3/c1-5-6-7-8-9-10-11-12-13-20-14-16-21(17-15-20)24(29)25-22(18-23(27)28)19-26(2,3)4/h14-17,22H,5-13,18-19H2,1-4H3,(H-,25,27,28,29)/p+1/t22-/m1/s1. The fourth-order valence-electron chi connectivity index (χ4n) is 3.59. The van der Waals surface area contributed by atoms with Gasteiger partial charge < -0.3 is 14.9 Å². The molecule has 0 saturated heterocycles. The van der Waals surface area contributed by atoms with Crippen LogP contribution >= 0.6 is 0 Å². The van der Waals surface area contributed by atoms with Crippen LogP contribution in [0, 0.1) is 0 Å². The minimum Gasteiger partial charge on any atom is -0.481 e. The van der Waals surface area contributed by atoms with Crippen LogP contribution in [0.1, 0.15) is 80.6 Å². The molecular weight excluding hydrogens is 364 g/mol. The largest absolute Gasteiger partial charge is 0.481 e. The number of hydrogen-bond donors (Lipinski definition) is 2. The number of hydrogen-bond acceptors (Lipinski definition) is 2. The fourth-order valence-corrected chi connectivity index (χ4v) is 3.59. The van der Waals surface area contributed by atoms with Crippen molar-refractivity contribution in [2.45, 2.75) is 77.2 Å². The van der Waals surface area contributed by atoms with Crippen molar-refractivity contribution >= 4 is 11.9 Å². The maximum atomic E-state index is 12.5. The molecule has 0 unspecified atom stereocenters. The first-order valence-electron chi connectivity index (χ1n) is 11.1. The Balaban J connectivity index is 2.42. The normalized spacial score (nSPS) is 12.6. The van der Waals surface area contributed by atoms with Gasteiger partial charge in [0.25, 0.3) is 5.91 Å². The summed E-state index contributed by atoms with van der Waals surface area (Å²) < 4.78 is 0.593. The number of nitrogens with zero attached hydrogens (tertiary/aromatic N) is 1. The van der Waals surface area contributed by atoms with E-state index < -0.39 is 12.0 Å². The molecule has 1 atom stereocenters. The van der Waals surface area contributed by atoms with Gasteiger partial charge in [-0.1, -0.05) is 64.0 Å². The molecule has 0 spiro atoms. The van der Waals surface area contributed by atoms with E-state index in [1.54, 1.807) is 0 Å². The Morgan fingerprint density at radius 2 is 1.48 bits per heavy atom. The zero-order chi connectivity index (χ0) is 21.7. The van der Waals surface area contributed by atoms with Crippen molar-refractivity contribution in [3.05, 3.63) is 35.4 Å². The fraction of sp³-hybridized carbons (Fsp3) is 0.667. The molecule has 1 aromatic rings. The number of carboxylic acids is 1. The second kappa shape index (κ2) is 13.4. The summed E-state index contributed by atoms with van der Waals surface area (Å²) in [6, 6.07) is 7.33. The van der Waals surface area contributed by atoms with Crippen molar-refractivity contribution < 1.29 is 19.2 Å². The van der Waals surface area contributed by atoms with Crippen LogP contribution in [-0.2, 0) is 11.2 Å². The zero-order valence-electron chi connectivity index (χ0n) is 18.9. The number of rotatable bonds is 15. The number of nitrogens with one attached hydrogen (secondary N) is 1. The van der Waals surface area contributed by atoms with Crippen LogP contribution in [0.2, 0.25) is 0 Å². The molecule has 0 aliphatic rings. The molecule has 5 nitrogen and oxygen atoms in total. The van der Waals surface area contributed by atoms with Gasteiger partial charge in [-0.25, -0.2) is 0 Å². The Bertz CT molecular complexity index is 606. The maximum Gasteiger partial charge on any atom is 0.305 e. The van der Waals surface area contributed by atoms with Crippen LogP contribution in [0.15, 0.2) is 24.3 Å². The average Bonchev–Trinajstić information content (AvgIpc) is 2.62. The average molecular weight is 406 g/mol. The number of benzene rings is 1. The van der Waals surface area contributed by atoms with Gasteiger partial charge in [-0.3, -0.25) is 9.59 Å². The highest BCUT2D eigenvalue weighted by Crippen LogP contribution is 2.13. The van der Waals surface area contributed by atoms with E-state index in [9.17, 15) is 9.59 Å². The lowest BCUT2D eigenvalue weighted by Crippen LogP contribution is -2.49. The summed E-state index contributed by atoms with van der Waals surface area (Å²) in [4.78, 5) is 23.6.